The molecule has 3 aromatic heterocycles. The Morgan fingerprint density at radius 3 is 2.91 bits per heavy atom. The van der Waals surface area contributed by atoms with E-state index in [0.717, 1.165) is 0 Å². The van der Waals surface area contributed by atoms with Gasteiger partial charge in [0.1, 0.15) is 11.5 Å². The maximum absolute atomic E-state index is 12.3. The number of rotatable bonds is 5. The van der Waals surface area contributed by atoms with E-state index in [0.29, 0.717) is 35.3 Å². The van der Waals surface area contributed by atoms with Gasteiger partial charge in [-0.15, -0.1) is 0 Å². The highest BCUT2D eigenvalue weighted by Crippen LogP contribution is 2.22. The Hall–Kier alpha value is -3.09. The zero-order valence-corrected chi connectivity index (χ0v) is 12.8. The largest absolute Gasteiger partial charge is 0.478 e. The van der Waals surface area contributed by atoms with E-state index in [1.165, 1.54) is 6.20 Å². The third kappa shape index (κ3) is 3.23. The lowest BCUT2D eigenvalue weighted by molar-refractivity contribution is 0.102. The molecule has 3 aromatic rings. The summed E-state index contributed by atoms with van der Waals surface area (Å²) in [6.45, 7) is 2.41. The molecular formula is C16H16N4O3. The summed E-state index contributed by atoms with van der Waals surface area (Å²) >= 11 is 0. The van der Waals surface area contributed by atoms with Gasteiger partial charge in [0, 0.05) is 25.4 Å². The zero-order chi connectivity index (χ0) is 16.2. The number of furan rings is 1. The molecule has 0 radical (unpaired) electrons. The summed E-state index contributed by atoms with van der Waals surface area (Å²) in [5.41, 5.74) is 1.09. The first-order valence-electron chi connectivity index (χ1n) is 7.15. The molecule has 118 valence electrons. The van der Waals surface area contributed by atoms with Crippen LogP contribution < -0.4 is 10.1 Å². The standard InChI is InChI=1S/C16H16N4O3/c1-3-22-15-7-6-11(10-17-15)16(21)18-14-9-12(19-20(14)2)13-5-4-8-23-13/h4-10H,3H2,1-2H3,(H,18,21). The Kier molecular flexibility index (Phi) is 4.09. The minimum atomic E-state index is -0.269. The van der Waals surface area contributed by atoms with Gasteiger partial charge in [0.25, 0.3) is 5.91 Å². The Morgan fingerprint density at radius 1 is 1.39 bits per heavy atom. The molecule has 1 amide bonds. The predicted octanol–water partition coefficient (Wildman–Crippen LogP) is 2.73. The fourth-order valence-corrected chi connectivity index (χ4v) is 2.07. The molecule has 0 atom stereocenters. The Morgan fingerprint density at radius 2 is 2.26 bits per heavy atom. The summed E-state index contributed by atoms with van der Waals surface area (Å²) in [5.74, 6) is 1.43. The highest BCUT2D eigenvalue weighted by atomic mass is 16.5. The van der Waals surface area contributed by atoms with Crippen LogP contribution in [-0.2, 0) is 7.05 Å². The van der Waals surface area contributed by atoms with Crippen LogP contribution in [-0.4, -0.2) is 27.3 Å². The number of amides is 1. The number of aromatic nitrogens is 3. The van der Waals surface area contributed by atoms with Crippen LogP contribution in [0.3, 0.4) is 0 Å². The number of hydrogen-bond acceptors (Lipinski definition) is 5. The second-order valence-corrected chi connectivity index (χ2v) is 4.79. The highest BCUT2D eigenvalue weighted by molar-refractivity contribution is 6.03. The van der Waals surface area contributed by atoms with Crippen molar-refractivity contribution in [3.05, 3.63) is 48.4 Å². The van der Waals surface area contributed by atoms with Crippen molar-refractivity contribution in [2.24, 2.45) is 7.05 Å². The van der Waals surface area contributed by atoms with Crippen molar-refractivity contribution in [1.29, 1.82) is 0 Å². The summed E-state index contributed by atoms with van der Waals surface area (Å²) in [6, 6.07) is 8.67. The van der Waals surface area contributed by atoms with Gasteiger partial charge in [0.2, 0.25) is 5.88 Å². The zero-order valence-electron chi connectivity index (χ0n) is 12.8. The maximum Gasteiger partial charge on any atom is 0.258 e. The molecule has 0 aliphatic heterocycles. The molecule has 0 saturated heterocycles. The van der Waals surface area contributed by atoms with Gasteiger partial charge in [-0.1, -0.05) is 0 Å². The second kappa shape index (κ2) is 6.35. The smallest absolute Gasteiger partial charge is 0.258 e. The Bertz CT molecular complexity index is 791. The van der Waals surface area contributed by atoms with Gasteiger partial charge in [-0.2, -0.15) is 5.10 Å². The normalized spacial score (nSPS) is 10.5. The van der Waals surface area contributed by atoms with E-state index in [-0.39, 0.29) is 5.91 Å². The number of carbonyl (C=O) groups is 1. The van der Waals surface area contributed by atoms with E-state index in [4.69, 9.17) is 9.15 Å². The quantitative estimate of drug-likeness (QED) is 0.783. The van der Waals surface area contributed by atoms with Crippen molar-refractivity contribution in [2.45, 2.75) is 6.92 Å². The van der Waals surface area contributed by atoms with Crippen molar-refractivity contribution >= 4 is 11.7 Å². The first kappa shape index (κ1) is 14.8. The SMILES string of the molecule is CCOc1ccc(C(=O)Nc2cc(-c3ccco3)nn2C)cn1. The van der Waals surface area contributed by atoms with Crippen molar-refractivity contribution in [2.75, 3.05) is 11.9 Å². The van der Waals surface area contributed by atoms with E-state index < -0.39 is 0 Å². The molecule has 0 unspecified atom stereocenters. The molecule has 0 saturated carbocycles. The summed E-state index contributed by atoms with van der Waals surface area (Å²) in [7, 11) is 1.75. The first-order valence-corrected chi connectivity index (χ1v) is 7.15. The van der Waals surface area contributed by atoms with Crippen LogP contribution in [0.5, 0.6) is 5.88 Å². The van der Waals surface area contributed by atoms with Gasteiger partial charge in [0.05, 0.1) is 18.4 Å². The molecule has 3 heterocycles. The van der Waals surface area contributed by atoms with E-state index in [9.17, 15) is 4.79 Å². The minimum Gasteiger partial charge on any atom is -0.478 e. The third-order valence-corrected chi connectivity index (χ3v) is 3.19. The molecule has 7 heteroatoms. The number of nitrogens with one attached hydrogen (secondary N) is 1. The molecule has 0 fully saturated rings. The van der Waals surface area contributed by atoms with Gasteiger partial charge in [0.15, 0.2) is 5.76 Å². The van der Waals surface area contributed by atoms with Gasteiger partial charge in [-0.25, -0.2) is 4.98 Å². The van der Waals surface area contributed by atoms with Crippen LogP contribution in [0.25, 0.3) is 11.5 Å². The molecule has 1 N–H and O–H groups in total. The Balaban J connectivity index is 1.75. The van der Waals surface area contributed by atoms with Crippen molar-refractivity contribution in [1.82, 2.24) is 14.8 Å². The lowest BCUT2D eigenvalue weighted by Crippen LogP contribution is -2.14. The monoisotopic (exact) mass is 312 g/mol. The number of anilines is 1. The van der Waals surface area contributed by atoms with E-state index in [1.807, 2.05) is 13.0 Å². The van der Waals surface area contributed by atoms with Crippen LogP contribution in [0.15, 0.2) is 47.2 Å². The highest BCUT2D eigenvalue weighted by Gasteiger charge is 2.13. The number of nitrogens with zero attached hydrogens (tertiary/aromatic N) is 3. The minimum absolute atomic E-state index is 0.269. The van der Waals surface area contributed by atoms with Crippen molar-refractivity contribution in [3.8, 4) is 17.3 Å². The lowest BCUT2D eigenvalue weighted by atomic mass is 10.2. The van der Waals surface area contributed by atoms with Gasteiger partial charge >= 0.3 is 0 Å². The molecule has 7 nitrogen and oxygen atoms in total. The predicted molar refractivity (Wildman–Crippen MR) is 84.3 cm³/mol. The topological polar surface area (TPSA) is 82.2 Å². The lowest BCUT2D eigenvalue weighted by Gasteiger charge is -2.06. The van der Waals surface area contributed by atoms with E-state index in [2.05, 4.69) is 15.4 Å². The first-order chi connectivity index (χ1) is 11.2. The Labute approximate surface area is 132 Å². The van der Waals surface area contributed by atoms with Crippen LogP contribution in [0.4, 0.5) is 5.82 Å². The summed E-state index contributed by atoms with van der Waals surface area (Å²) in [4.78, 5) is 16.4. The van der Waals surface area contributed by atoms with Crippen LogP contribution in [0, 0.1) is 0 Å². The molecule has 23 heavy (non-hydrogen) atoms. The summed E-state index contributed by atoms with van der Waals surface area (Å²) < 4.78 is 12.1. The molecule has 0 aliphatic rings. The third-order valence-electron chi connectivity index (χ3n) is 3.19. The van der Waals surface area contributed by atoms with Gasteiger partial charge in [-0.05, 0) is 25.1 Å². The van der Waals surface area contributed by atoms with Crippen molar-refractivity contribution in [3.63, 3.8) is 0 Å². The molecule has 0 aliphatic carbocycles. The molecule has 3 rings (SSSR count). The van der Waals surface area contributed by atoms with Crippen LogP contribution in [0.2, 0.25) is 0 Å². The molecule has 0 bridgehead atoms. The number of aryl methyl sites for hydroxylation is 1. The number of hydrogen-bond donors (Lipinski definition) is 1. The fourth-order valence-electron chi connectivity index (χ4n) is 2.07. The molecular weight excluding hydrogens is 296 g/mol. The molecule has 0 spiro atoms. The van der Waals surface area contributed by atoms with Gasteiger partial charge < -0.3 is 14.5 Å². The average Bonchev–Trinajstić information content (AvgIpc) is 3.19. The number of pyridine rings is 1. The van der Waals surface area contributed by atoms with Crippen molar-refractivity contribution < 1.29 is 13.9 Å². The van der Waals surface area contributed by atoms with E-state index in [1.54, 1.807) is 42.3 Å². The molecule has 0 aromatic carbocycles. The second-order valence-electron chi connectivity index (χ2n) is 4.79. The number of ether oxygens (including phenoxy) is 1. The average molecular weight is 312 g/mol. The fraction of sp³-hybridized carbons (Fsp3) is 0.188. The summed E-state index contributed by atoms with van der Waals surface area (Å²) in [6.07, 6.45) is 3.05. The number of carbonyl (C=O) groups excluding carboxylic acids is 1. The summed E-state index contributed by atoms with van der Waals surface area (Å²) in [5, 5.41) is 7.11. The van der Waals surface area contributed by atoms with E-state index >= 15 is 0 Å². The van der Waals surface area contributed by atoms with Crippen LogP contribution >= 0.6 is 0 Å². The van der Waals surface area contributed by atoms with Gasteiger partial charge in [-0.3, -0.25) is 9.48 Å². The maximum atomic E-state index is 12.3. The van der Waals surface area contributed by atoms with Crippen LogP contribution in [0.1, 0.15) is 17.3 Å².